The molecule has 0 saturated carbocycles. The van der Waals surface area contributed by atoms with Gasteiger partial charge in [-0.15, -0.1) is 0 Å². The van der Waals surface area contributed by atoms with E-state index in [-0.39, 0.29) is 12.6 Å². The molecule has 0 unspecified atom stereocenters. The Kier molecular flexibility index (Phi) is 5.95. The van der Waals surface area contributed by atoms with Gasteiger partial charge in [0.05, 0.1) is 18.9 Å². The largest absolute Gasteiger partial charge is 0.458 e. The van der Waals surface area contributed by atoms with Crippen LogP contribution in [0.5, 0.6) is 6.01 Å². The molecule has 9 heteroatoms. The van der Waals surface area contributed by atoms with E-state index in [1.165, 1.54) is 17.8 Å². The molecule has 8 nitrogen and oxygen atoms in total. The van der Waals surface area contributed by atoms with Crippen molar-refractivity contribution < 1.29 is 13.9 Å². The van der Waals surface area contributed by atoms with Gasteiger partial charge in [0.15, 0.2) is 5.82 Å². The molecule has 0 spiro atoms. The summed E-state index contributed by atoms with van der Waals surface area (Å²) in [5.74, 6) is 0.801. The molecule has 0 aliphatic carbocycles. The number of pyridine rings is 1. The fourth-order valence-electron chi connectivity index (χ4n) is 3.59. The number of ether oxygens (including phenoxy) is 2. The van der Waals surface area contributed by atoms with Crippen molar-refractivity contribution in [2.24, 2.45) is 0 Å². The number of hydrogen-bond acceptors (Lipinski definition) is 7. The lowest BCUT2D eigenvalue weighted by atomic mass is 10.1. The first-order valence-electron chi connectivity index (χ1n) is 10.7. The highest BCUT2D eigenvalue weighted by Crippen LogP contribution is 2.23. The zero-order valence-electron chi connectivity index (χ0n) is 18.2. The van der Waals surface area contributed by atoms with E-state index < -0.39 is 5.95 Å². The van der Waals surface area contributed by atoms with Crippen LogP contribution < -0.4 is 9.64 Å². The average molecular weight is 446 g/mol. The zero-order valence-corrected chi connectivity index (χ0v) is 18.2. The molecule has 168 valence electrons. The summed E-state index contributed by atoms with van der Waals surface area (Å²) >= 11 is 0. The first-order valence-corrected chi connectivity index (χ1v) is 10.7. The summed E-state index contributed by atoms with van der Waals surface area (Å²) in [6.07, 6.45) is 3.31. The Morgan fingerprint density at radius 2 is 1.88 bits per heavy atom. The highest BCUT2D eigenvalue weighted by molar-refractivity contribution is 5.60. The van der Waals surface area contributed by atoms with Crippen molar-refractivity contribution in [2.75, 3.05) is 31.2 Å². The fourth-order valence-corrected chi connectivity index (χ4v) is 3.59. The Hall–Kier alpha value is -3.85. The summed E-state index contributed by atoms with van der Waals surface area (Å²) in [7, 11) is 0. The average Bonchev–Trinajstić information content (AvgIpc) is 3.35. The van der Waals surface area contributed by atoms with Crippen molar-refractivity contribution >= 4 is 5.82 Å². The van der Waals surface area contributed by atoms with Crippen molar-refractivity contribution in [1.29, 1.82) is 0 Å². The molecule has 0 amide bonds. The van der Waals surface area contributed by atoms with Crippen molar-refractivity contribution in [3.8, 4) is 23.1 Å². The van der Waals surface area contributed by atoms with Gasteiger partial charge in [-0.25, -0.2) is 9.67 Å². The molecule has 1 fully saturated rings. The van der Waals surface area contributed by atoms with Crippen LogP contribution in [-0.4, -0.2) is 51.0 Å². The van der Waals surface area contributed by atoms with E-state index in [1.807, 2.05) is 30.5 Å². The SMILES string of the molecule is Cc1cccc(-c2ccn(-c3cc(N4CCOCC4)nc(OCc4ccc(F)nc4)n3)n2)c1. The lowest BCUT2D eigenvalue weighted by Crippen LogP contribution is -2.37. The normalized spacial score (nSPS) is 13.8. The summed E-state index contributed by atoms with van der Waals surface area (Å²) in [4.78, 5) is 15.0. The molecule has 1 aliphatic rings. The lowest BCUT2D eigenvalue weighted by Gasteiger charge is -2.28. The molecule has 5 rings (SSSR count). The molecule has 0 bridgehead atoms. The Labute approximate surface area is 190 Å². The van der Waals surface area contributed by atoms with E-state index in [0.29, 0.717) is 19.0 Å². The molecular weight excluding hydrogens is 423 g/mol. The smallest absolute Gasteiger partial charge is 0.320 e. The van der Waals surface area contributed by atoms with Crippen LogP contribution in [0.3, 0.4) is 0 Å². The molecule has 0 atom stereocenters. The summed E-state index contributed by atoms with van der Waals surface area (Å²) < 4.78 is 26.1. The van der Waals surface area contributed by atoms with E-state index >= 15 is 0 Å². The number of nitrogens with zero attached hydrogens (tertiary/aromatic N) is 6. The fraction of sp³-hybridized carbons (Fsp3) is 0.250. The third kappa shape index (κ3) is 4.98. The van der Waals surface area contributed by atoms with Crippen molar-refractivity contribution in [2.45, 2.75) is 13.5 Å². The molecule has 3 aromatic heterocycles. The molecule has 4 aromatic rings. The van der Waals surface area contributed by atoms with E-state index in [2.05, 4.69) is 38.9 Å². The summed E-state index contributed by atoms with van der Waals surface area (Å²) in [5.41, 5.74) is 3.78. The van der Waals surface area contributed by atoms with Crippen LogP contribution in [0.2, 0.25) is 0 Å². The number of aromatic nitrogens is 5. The minimum absolute atomic E-state index is 0.174. The first-order chi connectivity index (χ1) is 16.1. The lowest BCUT2D eigenvalue weighted by molar-refractivity contribution is 0.122. The van der Waals surface area contributed by atoms with Crippen molar-refractivity contribution in [3.63, 3.8) is 0 Å². The van der Waals surface area contributed by atoms with E-state index in [9.17, 15) is 4.39 Å². The second-order valence-electron chi connectivity index (χ2n) is 7.76. The van der Waals surface area contributed by atoms with Crippen molar-refractivity contribution in [3.05, 3.63) is 78.0 Å². The van der Waals surface area contributed by atoms with Gasteiger partial charge < -0.3 is 14.4 Å². The highest BCUT2D eigenvalue weighted by atomic mass is 19.1. The minimum Gasteiger partial charge on any atom is -0.458 e. The maximum absolute atomic E-state index is 13.1. The minimum atomic E-state index is -0.533. The molecule has 1 aromatic carbocycles. The number of morpholine rings is 1. The molecular formula is C24H23FN6O2. The molecule has 0 N–H and O–H groups in total. The van der Waals surface area contributed by atoms with Gasteiger partial charge in [0, 0.05) is 42.7 Å². The summed E-state index contributed by atoms with van der Waals surface area (Å²) in [6.45, 7) is 4.95. The van der Waals surface area contributed by atoms with Crippen LogP contribution in [0, 0.1) is 12.9 Å². The molecule has 1 aliphatic heterocycles. The van der Waals surface area contributed by atoms with Crippen molar-refractivity contribution in [1.82, 2.24) is 24.7 Å². The zero-order chi connectivity index (χ0) is 22.6. The standard InChI is InChI=1S/C24H23FN6O2/c1-17-3-2-4-19(13-17)20-7-8-31(29-20)23-14-22(30-9-11-32-12-10-30)27-24(28-23)33-16-18-5-6-21(25)26-15-18/h2-8,13-15H,9-12,16H2,1H3. The number of hydrogen-bond donors (Lipinski definition) is 0. The Balaban J connectivity index is 1.45. The molecule has 0 radical (unpaired) electrons. The number of benzene rings is 1. The summed E-state index contributed by atoms with van der Waals surface area (Å²) in [6, 6.07) is 15.2. The van der Waals surface area contributed by atoms with Crippen LogP contribution in [-0.2, 0) is 11.3 Å². The van der Waals surface area contributed by atoms with Crippen LogP contribution in [0.1, 0.15) is 11.1 Å². The van der Waals surface area contributed by atoms with Crippen LogP contribution in [0.15, 0.2) is 60.9 Å². The second-order valence-corrected chi connectivity index (χ2v) is 7.76. The topological polar surface area (TPSA) is 78.2 Å². The molecule has 4 heterocycles. The Morgan fingerprint density at radius 1 is 1.03 bits per heavy atom. The van der Waals surface area contributed by atoms with Crippen LogP contribution in [0.25, 0.3) is 17.1 Å². The van der Waals surface area contributed by atoms with Crippen LogP contribution in [0.4, 0.5) is 10.2 Å². The number of anilines is 1. The van der Waals surface area contributed by atoms with E-state index in [4.69, 9.17) is 14.6 Å². The highest BCUT2D eigenvalue weighted by Gasteiger charge is 2.17. The van der Waals surface area contributed by atoms with Gasteiger partial charge in [0.25, 0.3) is 0 Å². The van der Waals surface area contributed by atoms with E-state index in [0.717, 1.165) is 35.7 Å². The van der Waals surface area contributed by atoms with Gasteiger partial charge in [-0.2, -0.15) is 19.5 Å². The monoisotopic (exact) mass is 446 g/mol. The van der Waals surface area contributed by atoms with Gasteiger partial charge >= 0.3 is 6.01 Å². The Bertz CT molecular complexity index is 1240. The maximum Gasteiger partial charge on any atom is 0.320 e. The third-order valence-corrected chi connectivity index (χ3v) is 5.31. The predicted molar refractivity (Wildman–Crippen MR) is 121 cm³/mol. The summed E-state index contributed by atoms with van der Waals surface area (Å²) in [5, 5.41) is 4.72. The quantitative estimate of drug-likeness (QED) is 0.419. The number of halogens is 1. The second kappa shape index (κ2) is 9.33. The maximum atomic E-state index is 13.1. The van der Waals surface area contributed by atoms with Gasteiger partial charge in [0.2, 0.25) is 5.95 Å². The first kappa shape index (κ1) is 21.0. The predicted octanol–water partition coefficient (Wildman–Crippen LogP) is 3.59. The number of rotatable bonds is 6. The third-order valence-electron chi connectivity index (χ3n) is 5.31. The van der Waals surface area contributed by atoms with Gasteiger partial charge in [0.1, 0.15) is 12.4 Å². The molecule has 33 heavy (non-hydrogen) atoms. The van der Waals surface area contributed by atoms with Gasteiger partial charge in [-0.3, -0.25) is 0 Å². The number of aryl methyl sites for hydroxylation is 1. The molecule has 1 saturated heterocycles. The van der Waals surface area contributed by atoms with E-state index in [1.54, 1.807) is 10.7 Å². The Morgan fingerprint density at radius 3 is 2.67 bits per heavy atom. The van der Waals surface area contributed by atoms with Gasteiger partial charge in [-0.05, 0) is 31.2 Å². The van der Waals surface area contributed by atoms with Crippen LogP contribution >= 0.6 is 0 Å². The van der Waals surface area contributed by atoms with Gasteiger partial charge in [-0.1, -0.05) is 23.8 Å².